The predicted molar refractivity (Wildman–Crippen MR) is 37.0 cm³/mol. The maximum absolute atomic E-state index is 5.38. The zero-order chi connectivity index (χ0) is 5.82. The summed E-state index contributed by atoms with van der Waals surface area (Å²) in [5.74, 6) is 0. The highest BCUT2D eigenvalue weighted by molar-refractivity contribution is 6.10. The normalized spacial score (nSPS) is 18.2. The van der Waals surface area contributed by atoms with Crippen LogP contribution in [0.15, 0.2) is 23.8 Å². The molecule has 0 saturated heterocycles. The molecule has 0 bridgehead atoms. The SMILES string of the molecule is [B]CC1=CCCC=C1. The summed E-state index contributed by atoms with van der Waals surface area (Å²) in [7, 11) is 5.38. The van der Waals surface area contributed by atoms with Crippen molar-refractivity contribution in [1.29, 1.82) is 0 Å². The third-order valence-electron chi connectivity index (χ3n) is 1.31. The van der Waals surface area contributed by atoms with Gasteiger partial charge in [0.1, 0.15) is 0 Å². The maximum Gasteiger partial charge on any atom is 0.0716 e. The average molecular weight is 104 g/mol. The fourth-order valence-electron chi connectivity index (χ4n) is 0.819. The van der Waals surface area contributed by atoms with E-state index in [1.165, 1.54) is 18.4 Å². The van der Waals surface area contributed by atoms with Gasteiger partial charge in [0, 0.05) is 0 Å². The lowest BCUT2D eigenvalue weighted by molar-refractivity contribution is 1.02. The van der Waals surface area contributed by atoms with Crippen molar-refractivity contribution in [1.82, 2.24) is 0 Å². The van der Waals surface area contributed by atoms with Crippen LogP contribution in [0.25, 0.3) is 0 Å². The molecule has 0 aliphatic heterocycles. The van der Waals surface area contributed by atoms with Crippen molar-refractivity contribution >= 4 is 7.85 Å². The van der Waals surface area contributed by atoms with Crippen LogP contribution in [0, 0.1) is 0 Å². The highest BCUT2D eigenvalue weighted by atomic mass is 13.9. The Morgan fingerprint density at radius 2 is 2.38 bits per heavy atom. The quantitative estimate of drug-likeness (QED) is 0.445. The van der Waals surface area contributed by atoms with Gasteiger partial charge in [-0.1, -0.05) is 30.1 Å². The maximum atomic E-state index is 5.38. The molecule has 1 heteroatoms. The Kier molecular flexibility index (Phi) is 1.96. The van der Waals surface area contributed by atoms with Gasteiger partial charge in [0.15, 0.2) is 0 Å². The first-order valence-electron chi connectivity index (χ1n) is 2.99. The van der Waals surface area contributed by atoms with Crippen LogP contribution in [0.1, 0.15) is 12.8 Å². The molecular formula is C7H9B. The van der Waals surface area contributed by atoms with Crippen LogP contribution in [-0.2, 0) is 0 Å². The smallest absolute Gasteiger partial charge is 0.0716 e. The van der Waals surface area contributed by atoms with Crippen molar-refractivity contribution < 1.29 is 0 Å². The molecule has 0 aromatic rings. The van der Waals surface area contributed by atoms with Crippen LogP contribution in [0.3, 0.4) is 0 Å². The molecule has 0 nitrogen and oxygen atoms in total. The lowest BCUT2D eigenvalue weighted by Crippen LogP contribution is -1.82. The molecule has 0 aromatic heterocycles. The van der Waals surface area contributed by atoms with Crippen molar-refractivity contribution in [3.05, 3.63) is 23.8 Å². The third kappa shape index (κ3) is 1.26. The molecule has 0 spiro atoms. The van der Waals surface area contributed by atoms with Crippen LogP contribution < -0.4 is 0 Å². The van der Waals surface area contributed by atoms with Crippen molar-refractivity contribution in [2.24, 2.45) is 0 Å². The summed E-state index contributed by atoms with van der Waals surface area (Å²) in [5.41, 5.74) is 1.27. The van der Waals surface area contributed by atoms with Crippen molar-refractivity contribution in [3.63, 3.8) is 0 Å². The van der Waals surface area contributed by atoms with E-state index in [4.69, 9.17) is 7.85 Å². The molecule has 1 rings (SSSR count). The summed E-state index contributed by atoms with van der Waals surface area (Å²) in [6, 6.07) is 0. The largest absolute Gasteiger partial charge is 0.0840 e. The van der Waals surface area contributed by atoms with Crippen molar-refractivity contribution in [3.8, 4) is 0 Å². The molecule has 0 heterocycles. The number of hydrogen-bond donors (Lipinski definition) is 0. The zero-order valence-electron chi connectivity index (χ0n) is 4.93. The van der Waals surface area contributed by atoms with E-state index in [1.807, 2.05) is 0 Å². The average Bonchev–Trinajstić information content (AvgIpc) is 1.90. The minimum absolute atomic E-state index is 0.691. The van der Waals surface area contributed by atoms with E-state index in [-0.39, 0.29) is 0 Å². The molecule has 0 aromatic carbocycles. The molecular weight excluding hydrogens is 94.9 g/mol. The molecule has 0 fully saturated rings. The van der Waals surface area contributed by atoms with Gasteiger partial charge in [-0.2, -0.15) is 0 Å². The lowest BCUT2D eigenvalue weighted by atomic mass is 9.93. The molecule has 0 saturated carbocycles. The second kappa shape index (κ2) is 2.76. The topological polar surface area (TPSA) is 0 Å². The monoisotopic (exact) mass is 104 g/mol. The summed E-state index contributed by atoms with van der Waals surface area (Å²) in [6.45, 7) is 0. The Hall–Kier alpha value is -0.455. The fraction of sp³-hybridized carbons (Fsp3) is 0.429. The van der Waals surface area contributed by atoms with Crippen LogP contribution >= 0.6 is 0 Å². The van der Waals surface area contributed by atoms with Gasteiger partial charge in [0.05, 0.1) is 7.85 Å². The van der Waals surface area contributed by atoms with Gasteiger partial charge < -0.3 is 0 Å². The minimum Gasteiger partial charge on any atom is -0.0840 e. The minimum atomic E-state index is 0.691. The molecule has 40 valence electrons. The van der Waals surface area contributed by atoms with Crippen molar-refractivity contribution in [2.75, 3.05) is 0 Å². The van der Waals surface area contributed by atoms with Crippen LogP contribution in [0.5, 0.6) is 0 Å². The lowest BCUT2D eigenvalue weighted by Gasteiger charge is -2.01. The van der Waals surface area contributed by atoms with Gasteiger partial charge in [-0.15, -0.1) is 0 Å². The number of allylic oxidation sites excluding steroid dienone is 4. The standard InChI is InChI=1S/C7H9B/c8-6-7-4-2-1-3-5-7/h2,4-5H,1,3,6H2. The predicted octanol–water partition coefficient (Wildman–Crippen LogP) is 1.85. The van der Waals surface area contributed by atoms with E-state index >= 15 is 0 Å². The van der Waals surface area contributed by atoms with Gasteiger partial charge in [0.2, 0.25) is 0 Å². The van der Waals surface area contributed by atoms with E-state index in [9.17, 15) is 0 Å². The summed E-state index contributed by atoms with van der Waals surface area (Å²) in [6.07, 6.45) is 9.51. The van der Waals surface area contributed by atoms with Crippen LogP contribution in [0.4, 0.5) is 0 Å². The fourth-order valence-corrected chi connectivity index (χ4v) is 0.819. The second-order valence-corrected chi connectivity index (χ2v) is 1.96. The molecule has 8 heavy (non-hydrogen) atoms. The third-order valence-corrected chi connectivity index (χ3v) is 1.31. The Bertz CT molecular complexity index is 122. The summed E-state index contributed by atoms with van der Waals surface area (Å²) >= 11 is 0. The highest BCUT2D eigenvalue weighted by Crippen LogP contribution is 2.10. The molecule has 0 N–H and O–H groups in total. The van der Waals surface area contributed by atoms with Crippen LogP contribution in [0.2, 0.25) is 6.32 Å². The molecule has 1 aliphatic carbocycles. The first-order chi connectivity index (χ1) is 3.93. The first kappa shape index (κ1) is 5.68. The second-order valence-electron chi connectivity index (χ2n) is 1.96. The van der Waals surface area contributed by atoms with Gasteiger partial charge >= 0.3 is 0 Å². The van der Waals surface area contributed by atoms with E-state index in [0.717, 1.165) is 0 Å². The Balaban J connectivity index is 2.51. The van der Waals surface area contributed by atoms with E-state index in [2.05, 4.69) is 18.2 Å². The van der Waals surface area contributed by atoms with Crippen LogP contribution in [-0.4, -0.2) is 7.85 Å². The molecule has 0 unspecified atom stereocenters. The van der Waals surface area contributed by atoms with E-state index in [1.54, 1.807) is 0 Å². The Morgan fingerprint density at radius 3 is 2.75 bits per heavy atom. The van der Waals surface area contributed by atoms with E-state index < -0.39 is 0 Å². The Labute approximate surface area is 51.7 Å². The summed E-state index contributed by atoms with van der Waals surface area (Å²) in [5, 5.41) is 0. The van der Waals surface area contributed by atoms with Gasteiger partial charge in [-0.25, -0.2) is 0 Å². The zero-order valence-corrected chi connectivity index (χ0v) is 4.93. The van der Waals surface area contributed by atoms with Gasteiger partial charge in [0.25, 0.3) is 0 Å². The Morgan fingerprint density at radius 1 is 1.50 bits per heavy atom. The van der Waals surface area contributed by atoms with Gasteiger partial charge in [-0.05, 0) is 12.8 Å². The molecule has 2 radical (unpaired) electrons. The molecule has 0 amide bonds. The first-order valence-corrected chi connectivity index (χ1v) is 2.99. The molecule has 1 aliphatic rings. The number of hydrogen-bond acceptors (Lipinski definition) is 0. The summed E-state index contributed by atoms with van der Waals surface area (Å²) in [4.78, 5) is 0. The van der Waals surface area contributed by atoms with Crippen molar-refractivity contribution in [2.45, 2.75) is 19.2 Å². The summed E-state index contributed by atoms with van der Waals surface area (Å²) < 4.78 is 0. The number of rotatable bonds is 1. The highest BCUT2D eigenvalue weighted by Gasteiger charge is 1.90. The van der Waals surface area contributed by atoms with E-state index in [0.29, 0.717) is 6.32 Å². The molecule has 0 atom stereocenters. The van der Waals surface area contributed by atoms with Gasteiger partial charge in [-0.3, -0.25) is 0 Å².